The lowest BCUT2D eigenvalue weighted by molar-refractivity contribution is 0.247. The Kier molecular flexibility index (Phi) is 2.68. The first-order valence-corrected chi connectivity index (χ1v) is 5.82. The number of fused-ring (bicyclic) bond motifs is 1. The van der Waals surface area contributed by atoms with E-state index in [1.165, 1.54) is 5.39 Å². The van der Waals surface area contributed by atoms with Gasteiger partial charge in [0.25, 0.3) is 5.89 Å². The van der Waals surface area contributed by atoms with Crippen LogP contribution in [0.1, 0.15) is 6.92 Å². The Balaban J connectivity index is 2.02. The van der Waals surface area contributed by atoms with Gasteiger partial charge in [-0.05, 0) is 29.8 Å². The minimum atomic E-state index is 0.209. The molecule has 1 heterocycles. The first kappa shape index (κ1) is 10.8. The van der Waals surface area contributed by atoms with Crippen molar-refractivity contribution in [1.29, 1.82) is 0 Å². The smallest absolute Gasteiger partial charge is 0.414 e. The van der Waals surface area contributed by atoms with Crippen molar-refractivity contribution in [2.24, 2.45) is 0 Å². The van der Waals surface area contributed by atoms with E-state index in [9.17, 15) is 0 Å². The quantitative estimate of drug-likeness (QED) is 0.704. The van der Waals surface area contributed by atoms with Crippen LogP contribution in [0.3, 0.4) is 0 Å². The second-order valence-corrected chi connectivity index (χ2v) is 3.87. The molecule has 0 aliphatic rings. The van der Waals surface area contributed by atoms with Crippen LogP contribution in [0.5, 0.6) is 6.08 Å². The molecule has 1 aromatic heterocycles. The van der Waals surface area contributed by atoms with Crippen molar-refractivity contribution < 1.29 is 9.15 Å². The minimum absolute atomic E-state index is 0.209. The Labute approximate surface area is 104 Å². The predicted molar refractivity (Wildman–Crippen MR) is 68.4 cm³/mol. The van der Waals surface area contributed by atoms with Crippen molar-refractivity contribution in [2.75, 3.05) is 6.61 Å². The Morgan fingerprint density at radius 3 is 2.72 bits per heavy atom. The molecular formula is C14H12N2O2. The summed E-state index contributed by atoms with van der Waals surface area (Å²) in [5, 5.41) is 10.1. The summed E-state index contributed by atoms with van der Waals surface area (Å²) in [6.07, 6.45) is 0.209. The number of hydrogen-bond acceptors (Lipinski definition) is 4. The zero-order valence-corrected chi connectivity index (χ0v) is 9.96. The molecule has 3 aromatic rings. The van der Waals surface area contributed by atoms with Gasteiger partial charge in [0, 0.05) is 5.56 Å². The highest BCUT2D eigenvalue weighted by molar-refractivity contribution is 5.86. The Morgan fingerprint density at radius 2 is 1.89 bits per heavy atom. The fraction of sp³-hybridized carbons (Fsp3) is 0.143. The van der Waals surface area contributed by atoms with Gasteiger partial charge in [-0.2, -0.15) is 0 Å². The maximum Gasteiger partial charge on any atom is 0.414 e. The Hall–Kier alpha value is -2.36. The first-order chi connectivity index (χ1) is 8.86. The maximum absolute atomic E-state index is 5.41. The Bertz CT molecular complexity index is 676. The molecule has 0 saturated carbocycles. The predicted octanol–water partition coefficient (Wildman–Crippen LogP) is 3.29. The van der Waals surface area contributed by atoms with E-state index < -0.39 is 0 Å². The summed E-state index contributed by atoms with van der Waals surface area (Å²) in [5.74, 6) is 0.476. The summed E-state index contributed by atoms with van der Waals surface area (Å²) < 4.78 is 10.6. The van der Waals surface area contributed by atoms with Crippen molar-refractivity contribution >= 4 is 10.8 Å². The molecule has 0 N–H and O–H groups in total. The van der Waals surface area contributed by atoms with Gasteiger partial charge in [0.15, 0.2) is 0 Å². The zero-order valence-electron chi connectivity index (χ0n) is 9.96. The monoisotopic (exact) mass is 240 g/mol. The lowest BCUT2D eigenvalue weighted by Gasteiger charge is -1.99. The van der Waals surface area contributed by atoms with E-state index in [0.29, 0.717) is 12.5 Å². The van der Waals surface area contributed by atoms with E-state index in [-0.39, 0.29) is 6.08 Å². The van der Waals surface area contributed by atoms with Gasteiger partial charge in [-0.15, -0.1) is 5.10 Å². The zero-order chi connectivity index (χ0) is 12.4. The maximum atomic E-state index is 5.41. The van der Waals surface area contributed by atoms with Crippen LogP contribution in [0.25, 0.3) is 22.2 Å². The average molecular weight is 240 g/mol. The van der Waals surface area contributed by atoms with E-state index in [0.717, 1.165) is 10.9 Å². The van der Waals surface area contributed by atoms with Gasteiger partial charge in [0.05, 0.1) is 6.61 Å². The summed E-state index contributed by atoms with van der Waals surface area (Å²) in [5.41, 5.74) is 0.896. The Morgan fingerprint density at radius 1 is 1.06 bits per heavy atom. The van der Waals surface area contributed by atoms with Crippen LogP contribution >= 0.6 is 0 Å². The van der Waals surface area contributed by atoms with Crippen LogP contribution in [-0.2, 0) is 0 Å². The van der Waals surface area contributed by atoms with Crippen LogP contribution in [-0.4, -0.2) is 16.8 Å². The third kappa shape index (κ3) is 1.93. The minimum Gasteiger partial charge on any atom is -0.449 e. The van der Waals surface area contributed by atoms with Gasteiger partial charge in [0.2, 0.25) is 0 Å². The van der Waals surface area contributed by atoms with Gasteiger partial charge in [0.1, 0.15) is 0 Å². The van der Waals surface area contributed by atoms with Crippen molar-refractivity contribution in [3.05, 3.63) is 42.5 Å². The van der Waals surface area contributed by atoms with Gasteiger partial charge < -0.3 is 9.15 Å². The van der Waals surface area contributed by atoms with Gasteiger partial charge in [-0.25, -0.2) is 0 Å². The van der Waals surface area contributed by atoms with E-state index in [1.807, 2.05) is 37.3 Å². The van der Waals surface area contributed by atoms with Crippen LogP contribution in [0, 0.1) is 0 Å². The van der Waals surface area contributed by atoms with E-state index >= 15 is 0 Å². The second kappa shape index (κ2) is 4.49. The molecule has 0 unspecified atom stereocenters. The lowest BCUT2D eigenvalue weighted by Crippen LogP contribution is -1.90. The highest BCUT2D eigenvalue weighted by Gasteiger charge is 2.09. The third-order valence-electron chi connectivity index (χ3n) is 2.67. The molecule has 4 heteroatoms. The molecule has 2 aromatic carbocycles. The molecule has 18 heavy (non-hydrogen) atoms. The van der Waals surface area contributed by atoms with E-state index in [1.54, 1.807) is 0 Å². The molecule has 90 valence electrons. The van der Waals surface area contributed by atoms with Gasteiger partial charge >= 0.3 is 6.08 Å². The topological polar surface area (TPSA) is 48.2 Å². The summed E-state index contributed by atoms with van der Waals surface area (Å²) in [4.78, 5) is 0. The normalized spacial score (nSPS) is 10.7. The van der Waals surface area contributed by atoms with Crippen molar-refractivity contribution in [2.45, 2.75) is 6.92 Å². The van der Waals surface area contributed by atoms with Gasteiger partial charge in [-0.1, -0.05) is 35.4 Å². The molecular weight excluding hydrogens is 228 g/mol. The lowest BCUT2D eigenvalue weighted by atomic mass is 10.1. The van der Waals surface area contributed by atoms with Crippen molar-refractivity contribution in [3.63, 3.8) is 0 Å². The highest BCUT2D eigenvalue weighted by atomic mass is 16.6. The molecule has 0 radical (unpaired) electrons. The van der Waals surface area contributed by atoms with E-state index in [2.05, 4.69) is 22.3 Å². The molecule has 3 rings (SSSR count). The summed E-state index contributed by atoms with van der Waals surface area (Å²) in [6.45, 7) is 2.39. The second-order valence-electron chi connectivity index (χ2n) is 3.87. The molecule has 0 fully saturated rings. The van der Waals surface area contributed by atoms with Crippen LogP contribution in [0.2, 0.25) is 0 Å². The van der Waals surface area contributed by atoms with Crippen LogP contribution < -0.4 is 4.74 Å². The van der Waals surface area contributed by atoms with Crippen LogP contribution in [0.4, 0.5) is 0 Å². The van der Waals surface area contributed by atoms with E-state index in [4.69, 9.17) is 9.15 Å². The standard InChI is InChI=1S/C14H12N2O2/c1-2-17-14-16-15-13(18-14)12-8-7-10-5-3-4-6-11(10)9-12/h3-9H,2H2,1H3. The average Bonchev–Trinajstić information content (AvgIpc) is 2.87. The third-order valence-corrected chi connectivity index (χ3v) is 2.67. The largest absolute Gasteiger partial charge is 0.449 e. The molecule has 0 spiro atoms. The van der Waals surface area contributed by atoms with Crippen LogP contribution in [0.15, 0.2) is 46.9 Å². The fourth-order valence-corrected chi connectivity index (χ4v) is 1.83. The summed E-state index contributed by atoms with van der Waals surface area (Å²) in [6, 6.07) is 14.2. The molecule has 0 saturated heterocycles. The van der Waals surface area contributed by atoms with Crippen molar-refractivity contribution in [3.8, 4) is 17.5 Å². The summed E-state index contributed by atoms with van der Waals surface area (Å²) >= 11 is 0. The number of aromatic nitrogens is 2. The SMILES string of the molecule is CCOc1nnc(-c2ccc3ccccc3c2)o1. The summed E-state index contributed by atoms with van der Waals surface area (Å²) in [7, 11) is 0. The number of ether oxygens (including phenoxy) is 1. The van der Waals surface area contributed by atoms with Gasteiger partial charge in [-0.3, -0.25) is 0 Å². The number of rotatable bonds is 3. The number of hydrogen-bond donors (Lipinski definition) is 0. The number of nitrogens with zero attached hydrogens (tertiary/aromatic N) is 2. The molecule has 4 nitrogen and oxygen atoms in total. The molecule has 0 aliphatic heterocycles. The first-order valence-electron chi connectivity index (χ1n) is 5.82. The molecule has 0 atom stereocenters. The molecule has 0 aliphatic carbocycles. The van der Waals surface area contributed by atoms with Crippen molar-refractivity contribution in [1.82, 2.24) is 10.2 Å². The molecule has 0 amide bonds. The fourth-order valence-electron chi connectivity index (χ4n) is 1.83. The number of benzene rings is 2. The highest BCUT2D eigenvalue weighted by Crippen LogP contribution is 2.24. The molecule has 0 bridgehead atoms.